The standard InChI is InChI=1S/C29H27N3O7/c1-20-24(30-29(39-20)26-9-6-12-35-26)18-36-25-11-10-22(13-27(25)38-19-34-2)17-37-28-23(16-33)15-32(31-28)14-21-7-4-3-5-8-21/h3-13,15-16H,14,17-19H2,1-2H3. The van der Waals surface area contributed by atoms with Gasteiger partial charge in [-0.2, -0.15) is 0 Å². The first kappa shape index (κ1) is 25.8. The van der Waals surface area contributed by atoms with Gasteiger partial charge in [0.05, 0.1) is 18.4 Å². The second-order valence-electron chi connectivity index (χ2n) is 8.60. The van der Waals surface area contributed by atoms with E-state index >= 15 is 0 Å². The number of hydrogen-bond donors (Lipinski definition) is 0. The summed E-state index contributed by atoms with van der Waals surface area (Å²) >= 11 is 0. The lowest BCUT2D eigenvalue weighted by Gasteiger charge is -2.13. The Balaban J connectivity index is 1.26. The molecule has 0 bridgehead atoms. The van der Waals surface area contributed by atoms with Gasteiger partial charge < -0.3 is 27.8 Å². The van der Waals surface area contributed by atoms with E-state index in [9.17, 15) is 4.79 Å². The highest BCUT2D eigenvalue weighted by Crippen LogP contribution is 2.31. The number of benzene rings is 2. The van der Waals surface area contributed by atoms with Gasteiger partial charge in [-0.1, -0.05) is 36.4 Å². The Hall–Kier alpha value is -4.83. The molecule has 0 aliphatic heterocycles. The average Bonchev–Trinajstić information content (AvgIpc) is 3.71. The van der Waals surface area contributed by atoms with Crippen LogP contribution in [-0.4, -0.2) is 35.0 Å². The van der Waals surface area contributed by atoms with Gasteiger partial charge in [0.1, 0.15) is 24.7 Å². The maximum atomic E-state index is 11.6. The fourth-order valence-corrected chi connectivity index (χ4v) is 3.83. The van der Waals surface area contributed by atoms with Gasteiger partial charge >= 0.3 is 0 Å². The number of hydrogen-bond acceptors (Lipinski definition) is 9. The summed E-state index contributed by atoms with van der Waals surface area (Å²) in [5.41, 5.74) is 2.87. The molecule has 0 spiro atoms. The molecule has 0 saturated carbocycles. The van der Waals surface area contributed by atoms with Gasteiger partial charge in [-0.25, -0.2) is 4.98 Å². The summed E-state index contributed by atoms with van der Waals surface area (Å²) in [6, 6.07) is 18.8. The van der Waals surface area contributed by atoms with E-state index in [-0.39, 0.29) is 25.9 Å². The summed E-state index contributed by atoms with van der Waals surface area (Å²) in [5.74, 6) is 2.79. The van der Waals surface area contributed by atoms with Gasteiger partial charge in [0, 0.05) is 13.3 Å². The third-order valence-corrected chi connectivity index (χ3v) is 5.77. The molecule has 0 saturated heterocycles. The van der Waals surface area contributed by atoms with Crippen LogP contribution >= 0.6 is 0 Å². The molecule has 0 aliphatic rings. The Morgan fingerprint density at radius 1 is 0.949 bits per heavy atom. The van der Waals surface area contributed by atoms with Gasteiger partial charge in [-0.15, -0.1) is 5.10 Å². The van der Waals surface area contributed by atoms with Crippen LogP contribution in [0.25, 0.3) is 11.7 Å². The molecule has 10 heteroatoms. The number of carbonyl (C=O) groups is 1. The molecule has 200 valence electrons. The van der Waals surface area contributed by atoms with E-state index in [2.05, 4.69) is 10.1 Å². The van der Waals surface area contributed by atoms with Crippen LogP contribution in [-0.2, 0) is 24.5 Å². The van der Waals surface area contributed by atoms with Crippen molar-refractivity contribution in [2.75, 3.05) is 13.9 Å². The number of methoxy groups -OCH3 is 1. The zero-order valence-corrected chi connectivity index (χ0v) is 21.5. The van der Waals surface area contributed by atoms with Crippen molar-refractivity contribution >= 4 is 6.29 Å². The lowest BCUT2D eigenvalue weighted by molar-refractivity contribution is 0.0482. The SMILES string of the molecule is COCOc1cc(COc2nn(Cc3ccccc3)cc2C=O)ccc1OCc1nc(-c2ccco2)oc1C. The molecule has 2 aromatic carbocycles. The van der Waals surface area contributed by atoms with Crippen molar-refractivity contribution < 1.29 is 32.6 Å². The Kier molecular flexibility index (Phi) is 8.03. The predicted molar refractivity (Wildman–Crippen MR) is 140 cm³/mol. The largest absolute Gasteiger partial charge is 0.483 e. The molecule has 5 rings (SSSR count). The van der Waals surface area contributed by atoms with Crippen molar-refractivity contribution in [3.63, 3.8) is 0 Å². The summed E-state index contributed by atoms with van der Waals surface area (Å²) in [6.45, 7) is 2.71. The summed E-state index contributed by atoms with van der Waals surface area (Å²) < 4.78 is 35.5. The molecule has 3 heterocycles. The van der Waals surface area contributed by atoms with Gasteiger partial charge in [-0.05, 0) is 42.3 Å². The summed E-state index contributed by atoms with van der Waals surface area (Å²) in [4.78, 5) is 16.1. The van der Waals surface area contributed by atoms with Crippen molar-refractivity contribution in [1.29, 1.82) is 0 Å². The minimum absolute atomic E-state index is 0.0332. The molecule has 0 amide bonds. The van der Waals surface area contributed by atoms with Crippen LogP contribution in [0, 0.1) is 6.92 Å². The summed E-state index contributed by atoms with van der Waals surface area (Å²) in [7, 11) is 1.54. The number of furan rings is 1. The first-order valence-corrected chi connectivity index (χ1v) is 12.2. The average molecular weight is 530 g/mol. The second-order valence-corrected chi connectivity index (χ2v) is 8.60. The first-order chi connectivity index (χ1) is 19.1. The zero-order valence-electron chi connectivity index (χ0n) is 21.5. The molecule has 0 atom stereocenters. The molecule has 5 aromatic rings. The minimum Gasteiger partial charge on any atom is -0.483 e. The van der Waals surface area contributed by atoms with Gasteiger partial charge in [0.25, 0.3) is 5.89 Å². The quantitative estimate of drug-likeness (QED) is 0.145. The summed E-state index contributed by atoms with van der Waals surface area (Å²) in [6.07, 6.45) is 3.96. The maximum absolute atomic E-state index is 11.6. The second kappa shape index (κ2) is 12.1. The number of carbonyl (C=O) groups excluding carboxylic acids is 1. The van der Waals surface area contributed by atoms with Crippen LogP contribution in [0.15, 0.2) is 82.0 Å². The number of nitrogens with zero attached hydrogens (tertiary/aromatic N) is 3. The summed E-state index contributed by atoms with van der Waals surface area (Å²) in [5, 5.41) is 4.44. The molecule has 0 N–H and O–H groups in total. The Labute approximate surface area is 224 Å². The van der Waals surface area contributed by atoms with E-state index in [4.69, 9.17) is 27.8 Å². The zero-order chi connectivity index (χ0) is 27.0. The van der Waals surface area contributed by atoms with Gasteiger partial charge in [-0.3, -0.25) is 9.48 Å². The van der Waals surface area contributed by atoms with E-state index in [1.165, 1.54) is 7.11 Å². The number of aryl methyl sites for hydroxylation is 1. The first-order valence-electron chi connectivity index (χ1n) is 12.2. The van der Waals surface area contributed by atoms with Crippen LogP contribution in [0.4, 0.5) is 0 Å². The third kappa shape index (κ3) is 6.36. The smallest absolute Gasteiger partial charge is 0.263 e. The third-order valence-electron chi connectivity index (χ3n) is 5.77. The van der Waals surface area contributed by atoms with Gasteiger partial charge in [0.15, 0.2) is 30.3 Å². The molecule has 0 fully saturated rings. The number of aldehydes is 1. The van der Waals surface area contributed by atoms with E-state index < -0.39 is 0 Å². The van der Waals surface area contributed by atoms with Crippen molar-refractivity contribution in [2.24, 2.45) is 0 Å². The maximum Gasteiger partial charge on any atom is 0.263 e. The topological polar surface area (TPSA) is 111 Å². The van der Waals surface area contributed by atoms with Gasteiger partial charge in [0.2, 0.25) is 5.88 Å². The van der Waals surface area contributed by atoms with E-state index in [1.807, 2.05) is 43.3 Å². The van der Waals surface area contributed by atoms with Crippen LogP contribution in [0.3, 0.4) is 0 Å². The van der Waals surface area contributed by atoms with E-state index in [1.54, 1.807) is 41.4 Å². The lowest BCUT2D eigenvalue weighted by Crippen LogP contribution is -2.05. The Morgan fingerprint density at radius 2 is 1.82 bits per heavy atom. The fourth-order valence-electron chi connectivity index (χ4n) is 3.83. The number of ether oxygens (including phenoxy) is 4. The molecule has 10 nitrogen and oxygen atoms in total. The number of aromatic nitrogens is 3. The van der Waals surface area contributed by atoms with Crippen molar-refractivity contribution in [3.05, 3.63) is 101 Å². The number of rotatable bonds is 13. The normalized spacial score (nSPS) is 10.9. The molecule has 0 radical (unpaired) electrons. The van der Waals surface area contributed by atoms with Crippen LogP contribution in [0.1, 0.15) is 32.9 Å². The van der Waals surface area contributed by atoms with Crippen LogP contribution in [0.2, 0.25) is 0 Å². The van der Waals surface area contributed by atoms with Crippen molar-refractivity contribution in [2.45, 2.75) is 26.7 Å². The Bertz CT molecular complexity index is 1510. The van der Waals surface area contributed by atoms with Crippen LogP contribution in [0.5, 0.6) is 17.4 Å². The van der Waals surface area contributed by atoms with Crippen molar-refractivity contribution in [1.82, 2.24) is 14.8 Å². The molecular weight excluding hydrogens is 502 g/mol. The van der Waals surface area contributed by atoms with Crippen LogP contribution < -0.4 is 14.2 Å². The monoisotopic (exact) mass is 529 g/mol. The lowest BCUT2D eigenvalue weighted by atomic mass is 10.2. The highest BCUT2D eigenvalue weighted by atomic mass is 16.7. The highest BCUT2D eigenvalue weighted by molar-refractivity contribution is 5.77. The molecular formula is C29H27N3O7. The molecule has 39 heavy (non-hydrogen) atoms. The van der Waals surface area contributed by atoms with E-state index in [0.29, 0.717) is 46.7 Å². The minimum atomic E-state index is 0.0332. The predicted octanol–water partition coefficient (Wildman–Crippen LogP) is 5.44. The molecule has 3 aromatic heterocycles. The Morgan fingerprint density at radius 3 is 2.59 bits per heavy atom. The highest BCUT2D eigenvalue weighted by Gasteiger charge is 2.16. The number of oxazole rings is 1. The van der Waals surface area contributed by atoms with E-state index in [0.717, 1.165) is 17.4 Å². The van der Waals surface area contributed by atoms with Crippen molar-refractivity contribution in [3.8, 4) is 29.0 Å². The fraction of sp³-hybridized carbons (Fsp3) is 0.207. The molecule has 0 unspecified atom stereocenters. The molecule has 0 aliphatic carbocycles.